The summed E-state index contributed by atoms with van der Waals surface area (Å²) in [5.74, 6) is 1.33. The molecule has 0 spiro atoms. The second-order valence-corrected chi connectivity index (χ2v) is 4.66. The lowest BCUT2D eigenvalue weighted by molar-refractivity contribution is -0.677. The van der Waals surface area contributed by atoms with Gasteiger partial charge in [0.2, 0.25) is 0 Å². The molecule has 0 saturated carbocycles. The molecule has 15 heavy (non-hydrogen) atoms. The molecule has 0 radical (unpaired) electrons. The van der Waals surface area contributed by atoms with Crippen LogP contribution in [0.1, 0.15) is 38.1 Å². The lowest BCUT2D eigenvalue weighted by Crippen LogP contribution is -2.41. The summed E-state index contributed by atoms with van der Waals surface area (Å²) in [6, 6.07) is 1.20. The van der Waals surface area contributed by atoms with Crippen molar-refractivity contribution in [1.29, 1.82) is 0 Å². The topological polar surface area (TPSA) is 20.8 Å². The zero-order valence-corrected chi connectivity index (χ0v) is 10.0. The predicted molar refractivity (Wildman–Crippen MR) is 60.7 cm³/mol. The van der Waals surface area contributed by atoms with Gasteiger partial charge in [-0.3, -0.25) is 0 Å². The summed E-state index contributed by atoms with van der Waals surface area (Å²) in [4.78, 5) is 0. The second kappa shape index (κ2) is 4.35. The third kappa shape index (κ3) is 2.07. The maximum absolute atomic E-state index is 3.62. The fourth-order valence-electron chi connectivity index (χ4n) is 2.48. The van der Waals surface area contributed by atoms with Crippen molar-refractivity contribution >= 4 is 0 Å². The standard InChI is InChI=1S/C12H22N3/c1-10(12-6-4-5-7-13-12)15-9-8-14(3)11(15)2/h8-10,12-13H,4-7H2,1-3H3/q+1. The molecule has 2 atom stereocenters. The first-order valence-corrected chi connectivity index (χ1v) is 5.96. The summed E-state index contributed by atoms with van der Waals surface area (Å²) in [5.41, 5.74) is 0. The lowest BCUT2D eigenvalue weighted by atomic mass is 9.99. The van der Waals surface area contributed by atoms with Gasteiger partial charge in [-0.15, -0.1) is 0 Å². The van der Waals surface area contributed by atoms with Crippen LogP contribution in [0.25, 0.3) is 0 Å². The highest BCUT2D eigenvalue weighted by Crippen LogP contribution is 2.19. The fourth-order valence-corrected chi connectivity index (χ4v) is 2.48. The maximum Gasteiger partial charge on any atom is 0.253 e. The summed E-state index contributed by atoms with van der Waals surface area (Å²) in [6.45, 7) is 5.68. The molecule has 1 saturated heterocycles. The molecule has 0 amide bonds. The van der Waals surface area contributed by atoms with Crippen molar-refractivity contribution in [1.82, 2.24) is 9.88 Å². The van der Waals surface area contributed by atoms with Gasteiger partial charge in [0.05, 0.1) is 7.05 Å². The highest BCUT2D eigenvalue weighted by molar-refractivity contribution is 4.89. The molecule has 2 heterocycles. The molecular formula is C12H22N3+. The quantitative estimate of drug-likeness (QED) is 0.727. The number of piperidine rings is 1. The van der Waals surface area contributed by atoms with E-state index >= 15 is 0 Å². The molecule has 84 valence electrons. The zero-order valence-electron chi connectivity index (χ0n) is 10.0. The fraction of sp³-hybridized carbons (Fsp3) is 0.750. The largest absolute Gasteiger partial charge is 0.310 e. The Morgan fingerprint density at radius 2 is 2.33 bits per heavy atom. The number of aromatic nitrogens is 2. The van der Waals surface area contributed by atoms with E-state index in [1.54, 1.807) is 0 Å². The minimum Gasteiger partial charge on any atom is -0.310 e. The molecule has 0 aromatic carbocycles. The molecule has 1 aliphatic heterocycles. The normalized spacial score (nSPS) is 24.1. The summed E-state index contributed by atoms with van der Waals surface area (Å²) in [7, 11) is 2.10. The van der Waals surface area contributed by atoms with E-state index in [-0.39, 0.29) is 0 Å². The first-order chi connectivity index (χ1) is 7.20. The van der Waals surface area contributed by atoms with E-state index in [0.717, 1.165) is 0 Å². The molecule has 1 fully saturated rings. The first kappa shape index (κ1) is 10.7. The predicted octanol–water partition coefficient (Wildman–Crippen LogP) is 1.32. The summed E-state index contributed by atoms with van der Waals surface area (Å²) >= 11 is 0. The van der Waals surface area contributed by atoms with Gasteiger partial charge in [0.15, 0.2) is 0 Å². The SMILES string of the molecule is Cc1n(C(C)C2CCCCN2)cc[n+]1C. The van der Waals surface area contributed by atoms with E-state index in [4.69, 9.17) is 0 Å². The third-order valence-electron chi connectivity index (χ3n) is 3.70. The van der Waals surface area contributed by atoms with Gasteiger partial charge in [-0.25, -0.2) is 9.13 Å². The maximum atomic E-state index is 3.62. The van der Waals surface area contributed by atoms with Crippen molar-refractivity contribution in [2.75, 3.05) is 6.54 Å². The van der Waals surface area contributed by atoms with Crippen LogP contribution in [0.15, 0.2) is 12.4 Å². The summed E-state index contributed by atoms with van der Waals surface area (Å²) in [6.07, 6.45) is 8.34. The molecule has 1 N–H and O–H groups in total. The van der Waals surface area contributed by atoms with Crippen molar-refractivity contribution in [3.63, 3.8) is 0 Å². The Morgan fingerprint density at radius 1 is 1.53 bits per heavy atom. The number of rotatable bonds is 2. The van der Waals surface area contributed by atoms with E-state index in [1.165, 1.54) is 31.6 Å². The molecule has 0 bridgehead atoms. The Morgan fingerprint density at radius 3 is 2.87 bits per heavy atom. The number of hydrogen-bond donors (Lipinski definition) is 1. The average Bonchev–Trinajstić information content (AvgIpc) is 2.60. The Hall–Kier alpha value is -0.830. The van der Waals surface area contributed by atoms with Gasteiger partial charge < -0.3 is 5.32 Å². The summed E-state index contributed by atoms with van der Waals surface area (Å²) in [5, 5.41) is 3.62. The number of nitrogens with one attached hydrogen (secondary N) is 1. The Bertz CT molecular complexity index is 324. The van der Waals surface area contributed by atoms with Crippen molar-refractivity contribution in [2.24, 2.45) is 7.05 Å². The first-order valence-electron chi connectivity index (χ1n) is 5.96. The number of nitrogens with zero attached hydrogens (tertiary/aromatic N) is 2. The van der Waals surface area contributed by atoms with Gasteiger partial charge in [-0.2, -0.15) is 0 Å². The van der Waals surface area contributed by atoms with Crippen molar-refractivity contribution in [3.05, 3.63) is 18.2 Å². The molecule has 2 rings (SSSR count). The number of hydrogen-bond acceptors (Lipinski definition) is 1. The molecule has 3 heteroatoms. The lowest BCUT2D eigenvalue weighted by Gasteiger charge is -2.27. The van der Waals surface area contributed by atoms with Crippen LogP contribution in [-0.4, -0.2) is 17.2 Å². The Balaban J connectivity index is 2.12. The number of imidazole rings is 1. The van der Waals surface area contributed by atoms with E-state index in [2.05, 4.69) is 47.7 Å². The minimum atomic E-state index is 0.562. The molecule has 1 aromatic heterocycles. The van der Waals surface area contributed by atoms with Crippen molar-refractivity contribution in [2.45, 2.75) is 45.2 Å². The van der Waals surface area contributed by atoms with Crippen LogP contribution in [0, 0.1) is 6.92 Å². The van der Waals surface area contributed by atoms with Crippen LogP contribution >= 0.6 is 0 Å². The molecule has 0 aliphatic carbocycles. The van der Waals surface area contributed by atoms with E-state index in [1.807, 2.05) is 0 Å². The van der Waals surface area contributed by atoms with E-state index in [9.17, 15) is 0 Å². The summed E-state index contributed by atoms with van der Waals surface area (Å²) < 4.78 is 4.56. The molecular weight excluding hydrogens is 186 g/mol. The zero-order chi connectivity index (χ0) is 10.8. The minimum absolute atomic E-state index is 0.562. The number of aryl methyl sites for hydroxylation is 1. The van der Waals surface area contributed by atoms with Gasteiger partial charge >= 0.3 is 0 Å². The van der Waals surface area contributed by atoms with E-state index in [0.29, 0.717) is 12.1 Å². The third-order valence-corrected chi connectivity index (χ3v) is 3.70. The Kier molecular flexibility index (Phi) is 3.10. The van der Waals surface area contributed by atoms with Crippen LogP contribution in [0.2, 0.25) is 0 Å². The van der Waals surface area contributed by atoms with Crippen LogP contribution < -0.4 is 9.88 Å². The average molecular weight is 208 g/mol. The van der Waals surface area contributed by atoms with Gasteiger partial charge in [0.25, 0.3) is 5.82 Å². The van der Waals surface area contributed by atoms with Gasteiger partial charge in [-0.1, -0.05) is 6.42 Å². The van der Waals surface area contributed by atoms with Gasteiger partial charge in [0, 0.05) is 13.0 Å². The monoisotopic (exact) mass is 208 g/mol. The van der Waals surface area contributed by atoms with Crippen LogP contribution in [0.4, 0.5) is 0 Å². The highest BCUT2D eigenvalue weighted by atomic mass is 15.2. The van der Waals surface area contributed by atoms with Crippen LogP contribution in [-0.2, 0) is 7.05 Å². The molecule has 1 aromatic rings. The molecule has 2 unspecified atom stereocenters. The van der Waals surface area contributed by atoms with Crippen LogP contribution in [0.3, 0.4) is 0 Å². The smallest absolute Gasteiger partial charge is 0.253 e. The van der Waals surface area contributed by atoms with Crippen molar-refractivity contribution < 1.29 is 4.57 Å². The highest BCUT2D eigenvalue weighted by Gasteiger charge is 2.26. The second-order valence-electron chi connectivity index (χ2n) is 4.66. The van der Waals surface area contributed by atoms with Crippen molar-refractivity contribution in [3.8, 4) is 0 Å². The Labute approximate surface area is 92.1 Å². The van der Waals surface area contributed by atoms with E-state index < -0.39 is 0 Å². The van der Waals surface area contributed by atoms with Gasteiger partial charge in [-0.05, 0) is 26.3 Å². The molecule has 3 nitrogen and oxygen atoms in total. The van der Waals surface area contributed by atoms with Crippen LogP contribution in [0.5, 0.6) is 0 Å². The molecule has 1 aliphatic rings. The van der Waals surface area contributed by atoms with Gasteiger partial charge in [0.1, 0.15) is 18.4 Å².